The summed E-state index contributed by atoms with van der Waals surface area (Å²) in [5, 5.41) is 0. The van der Waals surface area contributed by atoms with Crippen LogP contribution in [0.3, 0.4) is 0 Å². The molecule has 0 atom stereocenters. The molecule has 0 spiro atoms. The molecule has 9 nitrogen and oxygen atoms in total. The summed E-state index contributed by atoms with van der Waals surface area (Å²) in [5.74, 6) is 1.56. The molecule has 0 unspecified atom stereocenters. The van der Waals surface area contributed by atoms with Crippen molar-refractivity contribution in [2.24, 2.45) is 0 Å². The van der Waals surface area contributed by atoms with E-state index in [1.54, 1.807) is 54.9 Å². The van der Waals surface area contributed by atoms with Crippen LogP contribution in [0.15, 0.2) is 85.1 Å². The quantitative estimate of drug-likeness (QED) is 0.109. The predicted octanol–water partition coefficient (Wildman–Crippen LogP) is 9.26. The van der Waals surface area contributed by atoms with Gasteiger partial charge in [0.05, 0.1) is 48.4 Å². The monoisotopic (exact) mass is 797 g/mol. The molecule has 1 aromatic heterocycles. The number of piperidine rings is 1. The minimum atomic E-state index is -0.871. The van der Waals surface area contributed by atoms with Crippen LogP contribution in [0.4, 0.5) is 14.5 Å². The normalized spacial score (nSPS) is 12.9. The number of halogens is 4. The van der Waals surface area contributed by atoms with Crippen molar-refractivity contribution in [1.29, 1.82) is 0 Å². The molecular weight excluding hydrogens is 751 g/mol. The molecule has 55 heavy (non-hydrogen) atoms. The predicted molar refractivity (Wildman–Crippen MR) is 216 cm³/mol. The van der Waals surface area contributed by atoms with Gasteiger partial charge in [0, 0.05) is 55.7 Å². The van der Waals surface area contributed by atoms with E-state index in [9.17, 15) is 8.78 Å². The highest BCUT2D eigenvalue weighted by Crippen LogP contribution is 2.42. The molecule has 5 aromatic rings. The van der Waals surface area contributed by atoms with Gasteiger partial charge < -0.3 is 33.3 Å². The van der Waals surface area contributed by atoms with E-state index < -0.39 is 11.6 Å². The van der Waals surface area contributed by atoms with Crippen molar-refractivity contribution in [2.75, 3.05) is 60.6 Å². The van der Waals surface area contributed by atoms with Crippen LogP contribution in [-0.2, 0) is 13.1 Å². The lowest BCUT2D eigenvalue weighted by Gasteiger charge is -2.40. The molecule has 13 heteroatoms. The van der Waals surface area contributed by atoms with E-state index in [0.717, 1.165) is 60.4 Å². The third-order valence-electron chi connectivity index (χ3n) is 9.70. The van der Waals surface area contributed by atoms with Crippen molar-refractivity contribution in [3.63, 3.8) is 0 Å². The Morgan fingerprint density at radius 1 is 0.618 bits per heavy atom. The standard InChI is InChI=1S/C42H45F2N3O6.2ClH/c1-48-37-20-30(21-38(49-2)41(37)52-5)29-9-7-8-27(18-29)25-46-16-13-32(14-17-46)47(33-10-11-34(43)35(44)24-33)26-28-12-15-45-36(19-28)31-22-39(50-3)42(53-6)40(23-31)51-4;;/h7-12,15,18-24,32H,13-14,16-17,25-26H2,1-6H3;2*1H. The Kier molecular flexibility index (Phi) is 15.2. The second kappa shape index (κ2) is 19.6. The van der Waals surface area contributed by atoms with Gasteiger partial charge >= 0.3 is 0 Å². The molecule has 0 amide bonds. The van der Waals surface area contributed by atoms with E-state index in [-0.39, 0.29) is 30.9 Å². The molecule has 0 saturated carbocycles. The van der Waals surface area contributed by atoms with Crippen LogP contribution < -0.4 is 33.3 Å². The molecule has 0 aliphatic carbocycles. The maximum atomic E-state index is 14.6. The van der Waals surface area contributed by atoms with Crippen LogP contribution >= 0.6 is 24.8 Å². The highest BCUT2D eigenvalue weighted by atomic mass is 35.5. The Morgan fingerprint density at radius 2 is 1.20 bits per heavy atom. The third kappa shape index (κ3) is 9.65. The maximum absolute atomic E-state index is 14.6. The average Bonchev–Trinajstić information content (AvgIpc) is 3.20. The topological polar surface area (TPSA) is 74.8 Å². The van der Waals surface area contributed by atoms with Gasteiger partial charge in [0.25, 0.3) is 0 Å². The van der Waals surface area contributed by atoms with Crippen molar-refractivity contribution >= 4 is 30.5 Å². The summed E-state index contributed by atoms with van der Waals surface area (Å²) in [6.07, 6.45) is 3.44. The molecule has 4 aromatic carbocycles. The number of nitrogens with zero attached hydrogens (tertiary/aromatic N) is 3. The summed E-state index contributed by atoms with van der Waals surface area (Å²) >= 11 is 0. The number of methoxy groups -OCH3 is 6. The second-order valence-electron chi connectivity index (χ2n) is 12.8. The lowest BCUT2D eigenvalue weighted by Crippen LogP contribution is -2.44. The van der Waals surface area contributed by atoms with Gasteiger partial charge in [-0.3, -0.25) is 9.88 Å². The average molecular weight is 799 g/mol. The van der Waals surface area contributed by atoms with Gasteiger partial charge in [-0.15, -0.1) is 24.8 Å². The fraction of sp³-hybridized carbons (Fsp3) is 0.310. The Balaban J connectivity index is 0.00000336. The zero-order chi connectivity index (χ0) is 37.5. The first kappa shape index (κ1) is 42.8. The maximum Gasteiger partial charge on any atom is 0.203 e. The van der Waals surface area contributed by atoms with E-state index in [4.69, 9.17) is 28.4 Å². The van der Waals surface area contributed by atoms with Crippen molar-refractivity contribution in [2.45, 2.75) is 32.0 Å². The van der Waals surface area contributed by atoms with E-state index in [1.165, 1.54) is 17.7 Å². The van der Waals surface area contributed by atoms with Crippen LogP contribution in [0.25, 0.3) is 22.4 Å². The summed E-state index contributed by atoms with van der Waals surface area (Å²) in [6.45, 7) is 2.93. The lowest BCUT2D eigenvalue weighted by atomic mass is 9.99. The third-order valence-corrected chi connectivity index (χ3v) is 9.70. The molecule has 1 aliphatic rings. The van der Waals surface area contributed by atoms with Crippen LogP contribution in [-0.4, -0.2) is 71.7 Å². The van der Waals surface area contributed by atoms with Crippen molar-refractivity contribution < 1.29 is 37.2 Å². The summed E-state index contributed by atoms with van der Waals surface area (Å²) in [5.41, 5.74) is 6.31. The highest BCUT2D eigenvalue weighted by molar-refractivity contribution is 5.85. The number of rotatable bonds is 14. The van der Waals surface area contributed by atoms with Crippen molar-refractivity contribution in [1.82, 2.24) is 9.88 Å². The fourth-order valence-corrected chi connectivity index (χ4v) is 7.00. The smallest absolute Gasteiger partial charge is 0.203 e. The molecule has 0 N–H and O–H groups in total. The van der Waals surface area contributed by atoms with E-state index in [2.05, 4.69) is 39.0 Å². The van der Waals surface area contributed by atoms with Crippen LogP contribution in [0.2, 0.25) is 0 Å². The van der Waals surface area contributed by atoms with Gasteiger partial charge in [0.2, 0.25) is 11.5 Å². The minimum Gasteiger partial charge on any atom is -0.493 e. The number of pyridine rings is 1. The highest BCUT2D eigenvalue weighted by Gasteiger charge is 2.27. The molecule has 1 saturated heterocycles. The van der Waals surface area contributed by atoms with Gasteiger partial charge in [-0.1, -0.05) is 18.2 Å². The van der Waals surface area contributed by atoms with E-state index in [1.807, 2.05) is 36.4 Å². The van der Waals surface area contributed by atoms with E-state index in [0.29, 0.717) is 46.7 Å². The second-order valence-corrected chi connectivity index (χ2v) is 12.8. The molecule has 0 radical (unpaired) electrons. The van der Waals surface area contributed by atoms with E-state index >= 15 is 0 Å². The van der Waals surface area contributed by atoms with Gasteiger partial charge in [-0.05, 0) is 89.7 Å². The largest absolute Gasteiger partial charge is 0.493 e. The molecule has 1 aliphatic heterocycles. The SMILES string of the molecule is COc1cc(-c2cccc(CN3CCC(N(Cc4ccnc(-c5cc(OC)c(OC)c(OC)c5)c4)c4ccc(F)c(F)c4)CC3)c2)cc(OC)c1OC.Cl.Cl. The number of hydrogen-bond donors (Lipinski definition) is 0. The molecular formula is C42H47Cl2F2N3O6. The Labute approximate surface area is 333 Å². The first-order chi connectivity index (χ1) is 25.8. The number of aromatic nitrogens is 1. The number of hydrogen-bond acceptors (Lipinski definition) is 9. The van der Waals surface area contributed by atoms with Crippen molar-refractivity contribution in [3.8, 4) is 56.9 Å². The van der Waals surface area contributed by atoms with Gasteiger partial charge in [-0.2, -0.15) is 0 Å². The summed E-state index contributed by atoms with van der Waals surface area (Å²) in [7, 11) is 9.53. The summed E-state index contributed by atoms with van der Waals surface area (Å²) < 4.78 is 62.0. The number of benzene rings is 4. The first-order valence-electron chi connectivity index (χ1n) is 17.4. The zero-order valence-corrected chi connectivity index (χ0v) is 33.4. The fourth-order valence-electron chi connectivity index (χ4n) is 7.00. The minimum absolute atomic E-state index is 0. The molecule has 2 heterocycles. The van der Waals surface area contributed by atoms with Crippen LogP contribution in [0.5, 0.6) is 34.5 Å². The van der Waals surface area contributed by atoms with Crippen LogP contribution in [0, 0.1) is 11.6 Å². The number of anilines is 1. The molecule has 0 bridgehead atoms. The number of ether oxygens (including phenoxy) is 6. The van der Waals surface area contributed by atoms with Crippen molar-refractivity contribution in [3.05, 3.63) is 108 Å². The molecule has 6 rings (SSSR count). The zero-order valence-electron chi connectivity index (χ0n) is 31.8. The Hall–Kier alpha value is -4.97. The molecule has 294 valence electrons. The lowest BCUT2D eigenvalue weighted by molar-refractivity contribution is 0.201. The summed E-state index contributed by atoms with van der Waals surface area (Å²) in [6, 6.07) is 24.3. The number of likely N-dealkylation sites (tertiary alicyclic amines) is 1. The summed E-state index contributed by atoms with van der Waals surface area (Å²) in [4.78, 5) is 9.24. The Morgan fingerprint density at radius 3 is 1.75 bits per heavy atom. The van der Waals surface area contributed by atoms with Gasteiger partial charge in [0.1, 0.15) is 0 Å². The Bertz CT molecular complexity index is 2000. The van der Waals surface area contributed by atoms with Gasteiger partial charge in [-0.25, -0.2) is 8.78 Å². The molecule has 1 fully saturated rings. The first-order valence-corrected chi connectivity index (χ1v) is 17.4. The van der Waals surface area contributed by atoms with Gasteiger partial charge in [0.15, 0.2) is 34.6 Å². The van der Waals surface area contributed by atoms with Crippen LogP contribution in [0.1, 0.15) is 24.0 Å².